The maximum absolute atomic E-state index is 11.9. The lowest BCUT2D eigenvalue weighted by atomic mass is 9.92. The molecule has 1 aromatic heterocycles. The maximum atomic E-state index is 11.9. The molecule has 1 N–H and O–H groups in total. The van der Waals surface area contributed by atoms with Crippen LogP contribution >= 0.6 is 11.8 Å². The number of benzene rings is 1. The van der Waals surface area contributed by atoms with Gasteiger partial charge in [-0.3, -0.25) is 9.59 Å². The van der Waals surface area contributed by atoms with Crippen LogP contribution in [0, 0.1) is 20.8 Å². The van der Waals surface area contributed by atoms with Gasteiger partial charge in [-0.1, -0.05) is 6.07 Å². The number of amides is 1. The average molecular weight is 345 g/mol. The largest absolute Gasteiger partial charge is 0.467 e. The Hall–Kier alpha value is -2.01. The molecule has 0 aliphatic rings. The van der Waals surface area contributed by atoms with Gasteiger partial charge in [0.1, 0.15) is 5.76 Å². The fourth-order valence-electron chi connectivity index (χ4n) is 2.89. The van der Waals surface area contributed by atoms with E-state index < -0.39 is 0 Å². The van der Waals surface area contributed by atoms with Crippen molar-refractivity contribution in [3.63, 3.8) is 0 Å². The molecular weight excluding hydrogens is 322 g/mol. The smallest absolute Gasteiger partial charge is 0.230 e. The van der Waals surface area contributed by atoms with Crippen LogP contribution in [0.25, 0.3) is 0 Å². The molecule has 0 saturated carbocycles. The monoisotopic (exact) mass is 345 g/mol. The maximum Gasteiger partial charge on any atom is 0.230 e. The number of carbonyl (C=O) groups is 2. The molecule has 0 fully saturated rings. The van der Waals surface area contributed by atoms with E-state index in [0.29, 0.717) is 18.1 Å². The average Bonchev–Trinajstić information content (AvgIpc) is 3.01. The van der Waals surface area contributed by atoms with E-state index >= 15 is 0 Å². The second-order valence-electron chi connectivity index (χ2n) is 5.89. The standard InChI is InChI=1S/C19H23NO3S/c1-12-8-13(2)19(15(4)21)14(3)17(12)10-24-11-18(22)20-9-16-6-5-7-23-16/h5-8H,9-11H2,1-4H3,(H,20,22). The van der Waals surface area contributed by atoms with Crippen molar-refractivity contribution >= 4 is 23.5 Å². The van der Waals surface area contributed by atoms with Crippen molar-refractivity contribution in [3.8, 4) is 0 Å². The first-order chi connectivity index (χ1) is 11.4. The number of ketones is 1. The van der Waals surface area contributed by atoms with E-state index in [0.717, 1.165) is 28.0 Å². The number of hydrogen-bond donors (Lipinski definition) is 1. The van der Waals surface area contributed by atoms with Gasteiger partial charge in [0.25, 0.3) is 0 Å². The minimum Gasteiger partial charge on any atom is -0.467 e. The lowest BCUT2D eigenvalue weighted by Crippen LogP contribution is -2.24. The van der Waals surface area contributed by atoms with E-state index in [1.165, 1.54) is 5.56 Å². The minimum absolute atomic E-state index is 0.0226. The zero-order valence-electron chi connectivity index (χ0n) is 14.6. The summed E-state index contributed by atoms with van der Waals surface area (Å²) in [6.45, 7) is 8.02. The van der Waals surface area contributed by atoms with Crippen molar-refractivity contribution in [3.05, 3.63) is 58.0 Å². The molecule has 2 aromatic rings. The van der Waals surface area contributed by atoms with E-state index in [1.54, 1.807) is 31.0 Å². The fourth-order valence-corrected chi connectivity index (χ4v) is 3.92. The van der Waals surface area contributed by atoms with Crippen LogP contribution in [0.2, 0.25) is 0 Å². The topological polar surface area (TPSA) is 59.3 Å². The molecule has 1 amide bonds. The quantitative estimate of drug-likeness (QED) is 0.772. The number of rotatable bonds is 7. The third kappa shape index (κ3) is 4.51. The molecule has 0 aliphatic heterocycles. The lowest BCUT2D eigenvalue weighted by Gasteiger charge is -2.15. The summed E-state index contributed by atoms with van der Waals surface area (Å²) >= 11 is 1.55. The number of Topliss-reactive ketones (excluding diaryl/α,β-unsaturated/α-hetero) is 1. The number of aryl methyl sites for hydroxylation is 2. The van der Waals surface area contributed by atoms with Gasteiger partial charge in [-0.05, 0) is 62.1 Å². The normalized spacial score (nSPS) is 10.7. The first kappa shape index (κ1) is 18.3. The second-order valence-corrected chi connectivity index (χ2v) is 6.88. The molecule has 128 valence electrons. The summed E-state index contributed by atoms with van der Waals surface area (Å²) in [6, 6.07) is 5.68. The Morgan fingerprint density at radius 2 is 1.96 bits per heavy atom. The number of furan rings is 1. The molecule has 0 unspecified atom stereocenters. The molecule has 5 heteroatoms. The predicted octanol–water partition coefficient (Wildman–Crippen LogP) is 3.96. The second kappa shape index (κ2) is 8.20. The molecule has 0 saturated heterocycles. The van der Waals surface area contributed by atoms with Crippen molar-refractivity contribution in [2.24, 2.45) is 0 Å². The summed E-state index contributed by atoms with van der Waals surface area (Å²) in [5.41, 5.74) is 5.16. The summed E-state index contributed by atoms with van der Waals surface area (Å²) < 4.78 is 5.18. The zero-order chi connectivity index (χ0) is 17.7. The molecule has 0 atom stereocenters. The Balaban J connectivity index is 1.93. The molecule has 0 bridgehead atoms. The highest BCUT2D eigenvalue weighted by Gasteiger charge is 2.14. The van der Waals surface area contributed by atoms with Gasteiger partial charge in [0.2, 0.25) is 5.91 Å². The van der Waals surface area contributed by atoms with Gasteiger partial charge in [0, 0.05) is 11.3 Å². The molecule has 1 heterocycles. The van der Waals surface area contributed by atoms with E-state index in [-0.39, 0.29) is 11.7 Å². The Morgan fingerprint density at radius 1 is 1.21 bits per heavy atom. The van der Waals surface area contributed by atoms with E-state index in [2.05, 4.69) is 18.3 Å². The molecule has 4 nitrogen and oxygen atoms in total. The van der Waals surface area contributed by atoms with Crippen molar-refractivity contribution in [2.75, 3.05) is 5.75 Å². The molecule has 2 rings (SSSR count). The highest BCUT2D eigenvalue weighted by atomic mass is 32.2. The number of thioether (sulfide) groups is 1. The zero-order valence-corrected chi connectivity index (χ0v) is 15.4. The van der Waals surface area contributed by atoms with Crippen LogP contribution in [0.1, 0.15) is 45.3 Å². The first-order valence-electron chi connectivity index (χ1n) is 7.87. The summed E-state index contributed by atoms with van der Waals surface area (Å²) in [5.74, 6) is 1.90. The van der Waals surface area contributed by atoms with Crippen molar-refractivity contribution in [2.45, 2.75) is 40.0 Å². The number of carbonyl (C=O) groups excluding carboxylic acids is 2. The van der Waals surface area contributed by atoms with Crippen molar-refractivity contribution in [1.82, 2.24) is 5.32 Å². The fraction of sp³-hybridized carbons (Fsp3) is 0.368. The molecule has 24 heavy (non-hydrogen) atoms. The van der Waals surface area contributed by atoms with Gasteiger partial charge in [0.05, 0.1) is 18.6 Å². The Bertz CT molecular complexity index is 736. The van der Waals surface area contributed by atoms with E-state index in [4.69, 9.17) is 4.42 Å². The molecule has 1 aromatic carbocycles. The minimum atomic E-state index is -0.0226. The van der Waals surface area contributed by atoms with Crippen LogP contribution in [0.4, 0.5) is 0 Å². The van der Waals surface area contributed by atoms with Gasteiger partial charge in [-0.15, -0.1) is 11.8 Å². The summed E-state index contributed by atoms with van der Waals surface area (Å²) in [5, 5.41) is 2.83. The highest BCUT2D eigenvalue weighted by molar-refractivity contribution is 7.99. The summed E-state index contributed by atoms with van der Waals surface area (Å²) in [6.07, 6.45) is 1.59. The summed E-state index contributed by atoms with van der Waals surface area (Å²) in [7, 11) is 0. The van der Waals surface area contributed by atoms with Gasteiger partial charge in [0.15, 0.2) is 5.78 Å². The van der Waals surface area contributed by atoms with Crippen LogP contribution < -0.4 is 5.32 Å². The van der Waals surface area contributed by atoms with Crippen molar-refractivity contribution in [1.29, 1.82) is 0 Å². The number of hydrogen-bond acceptors (Lipinski definition) is 4. The molecule has 0 radical (unpaired) electrons. The number of nitrogens with one attached hydrogen (secondary N) is 1. The lowest BCUT2D eigenvalue weighted by molar-refractivity contribution is -0.118. The Morgan fingerprint density at radius 3 is 2.58 bits per heavy atom. The van der Waals surface area contributed by atoms with Gasteiger partial charge in [-0.25, -0.2) is 0 Å². The SMILES string of the molecule is CC(=O)c1c(C)cc(C)c(CSCC(=O)NCc2ccco2)c1C. The Labute approximate surface area is 147 Å². The van der Waals surface area contributed by atoms with Crippen LogP contribution in [0.5, 0.6) is 0 Å². The van der Waals surface area contributed by atoms with Gasteiger partial charge >= 0.3 is 0 Å². The highest BCUT2D eigenvalue weighted by Crippen LogP contribution is 2.26. The van der Waals surface area contributed by atoms with Crippen LogP contribution in [0.3, 0.4) is 0 Å². The third-order valence-electron chi connectivity index (χ3n) is 4.00. The predicted molar refractivity (Wildman–Crippen MR) is 97.4 cm³/mol. The molecular formula is C19H23NO3S. The summed E-state index contributed by atoms with van der Waals surface area (Å²) in [4.78, 5) is 23.8. The van der Waals surface area contributed by atoms with E-state index in [9.17, 15) is 9.59 Å². The Kier molecular flexibility index (Phi) is 6.26. The van der Waals surface area contributed by atoms with Gasteiger partial charge < -0.3 is 9.73 Å². The molecule has 0 spiro atoms. The van der Waals surface area contributed by atoms with Crippen LogP contribution in [0.15, 0.2) is 28.9 Å². The van der Waals surface area contributed by atoms with Crippen molar-refractivity contribution < 1.29 is 14.0 Å². The first-order valence-corrected chi connectivity index (χ1v) is 9.03. The van der Waals surface area contributed by atoms with Gasteiger partial charge in [-0.2, -0.15) is 0 Å². The van der Waals surface area contributed by atoms with E-state index in [1.807, 2.05) is 19.9 Å². The third-order valence-corrected chi connectivity index (χ3v) is 4.96. The van der Waals surface area contributed by atoms with Crippen LogP contribution in [-0.4, -0.2) is 17.4 Å². The molecule has 0 aliphatic carbocycles. The van der Waals surface area contributed by atoms with Crippen LogP contribution in [-0.2, 0) is 17.1 Å².